The molecule has 5 heteroatoms. The Morgan fingerprint density at radius 2 is 1.62 bits per heavy atom. The molecule has 0 spiro atoms. The number of ether oxygens (including phenoxy) is 2. The molecular formula is C27H33N3O2. The maximum Gasteiger partial charge on any atom is 0.127 e. The van der Waals surface area contributed by atoms with Crippen LogP contribution >= 0.6 is 0 Å². The Balaban J connectivity index is 1.41. The average molecular weight is 432 g/mol. The zero-order valence-electron chi connectivity index (χ0n) is 19.3. The first-order valence-electron chi connectivity index (χ1n) is 11.6. The van der Waals surface area contributed by atoms with Crippen molar-refractivity contribution in [3.8, 4) is 16.9 Å². The summed E-state index contributed by atoms with van der Waals surface area (Å²) in [5, 5.41) is 0. The molecule has 0 bridgehead atoms. The second-order valence-corrected chi connectivity index (χ2v) is 8.31. The summed E-state index contributed by atoms with van der Waals surface area (Å²) in [5.74, 6) is 1.78. The van der Waals surface area contributed by atoms with Crippen LogP contribution in [0.1, 0.15) is 49.7 Å². The van der Waals surface area contributed by atoms with E-state index in [1.165, 1.54) is 22.3 Å². The van der Waals surface area contributed by atoms with E-state index >= 15 is 0 Å². The van der Waals surface area contributed by atoms with Crippen LogP contribution < -0.4 is 4.74 Å². The number of hydrogen-bond donors (Lipinski definition) is 0. The van der Waals surface area contributed by atoms with E-state index in [2.05, 4.69) is 65.1 Å². The number of nitrogens with zero attached hydrogens (tertiary/aromatic N) is 3. The van der Waals surface area contributed by atoms with E-state index in [4.69, 9.17) is 9.47 Å². The Bertz CT molecular complexity index is 971. The summed E-state index contributed by atoms with van der Waals surface area (Å²) in [4.78, 5) is 11.5. The summed E-state index contributed by atoms with van der Waals surface area (Å²) in [5.41, 5.74) is 4.82. The van der Waals surface area contributed by atoms with Gasteiger partial charge in [0.2, 0.25) is 0 Å². The van der Waals surface area contributed by atoms with Crippen molar-refractivity contribution in [3.05, 3.63) is 77.9 Å². The third-order valence-corrected chi connectivity index (χ3v) is 6.35. The molecule has 0 unspecified atom stereocenters. The van der Waals surface area contributed by atoms with Gasteiger partial charge in [0.1, 0.15) is 11.6 Å². The van der Waals surface area contributed by atoms with Crippen LogP contribution in [-0.2, 0) is 17.7 Å². The monoisotopic (exact) mass is 431 g/mol. The predicted molar refractivity (Wildman–Crippen MR) is 128 cm³/mol. The predicted octanol–water partition coefficient (Wildman–Crippen LogP) is 5.46. The average Bonchev–Trinajstić information content (AvgIpc) is 2.88. The third kappa shape index (κ3) is 5.34. The Labute approximate surface area is 191 Å². The molecule has 1 aliphatic rings. The van der Waals surface area contributed by atoms with Gasteiger partial charge in [0.05, 0.1) is 13.2 Å². The van der Waals surface area contributed by atoms with Gasteiger partial charge >= 0.3 is 0 Å². The molecule has 1 saturated heterocycles. The van der Waals surface area contributed by atoms with E-state index < -0.39 is 0 Å². The van der Waals surface area contributed by atoms with Gasteiger partial charge in [-0.05, 0) is 48.2 Å². The summed E-state index contributed by atoms with van der Waals surface area (Å²) in [7, 11) is 1.69. The summed E-state index contributed by atoms with van der Waals surface area (Å²) < 4.78 is 11.4. The smallest absolute Gasteiger partial charge is 0.127 e. The third-order valence-electron chi connectivity index (χ3n) is 6.35. The van der Waals surface area contributed by atoms with Crippen LogP contribution in [0.4, 0.5) is 0 Å². The number of methoxy groups -OCH3 is 1. The van der Waals surface area contributed by atoms with E-state index in [9.17, 15) is 0 Å². The molecule has 3 aromatic rings. The fraction of sp³-hybridized carbons (Fsp3) is 0.407. The maximum absolute atomic E-state index is 6.18. The van der Waals surface area contributed by atoms with E-state index in [0.29, 0.717) is 6.04 Å². The van der Waals surface area contributed by atoms with E-state index in [1.54, 1.807) is 7.11 Å². The van der Waals surface area contributed by atoms with Crippen molar-refractivity contribution in [2.75, 3.05) is 20.3 Å². The van der Waals surface area contributed by atoms with Gasteiger partial charge in [0, 0.05) is 43.6 Å². The minimum atomic E-state index is 0.131. The normalized spacial score (nSPS) is 18.6. The molecule has 32 heavy (non-hydrogen) atoms. The lowest BCUT2D eigenvalue weighted by Crippen LogP contribution is -2.39. The van der Waals surface area contributed by atoms with E-state index in [1.807, 2.05) is 24.5 Å². The van der Waals surface area contributed by atoms with E-state index in [-0.39, 0.29) is 6.10 Å². The first kappa shape index (κ1) is 22.4. The van der Waals surface area contributed by atoms with Crippen molar-refractivity contribution in [2.24, 2.45) is 0 Å². The second kappa shape index (κ2) is 10.7. The van der Waals surface area contributed by atoms with E-state index in [0.717, 1.165) is 50.5 Å². The minimum absolute atomic E-state index is 0.131. The van der Waals surface area contributed by atoms with Gasteiger partial charge in [-0.3, -0.25) is 4.90 Å². The molecule has 2 atom stereocenters. The molecule has 2 heterocycles. The Morgan fingerprint density at radius 1 is 0.969 bits per heavy atom. The van der Waals surface area contributed by atoms with Crippen LogP contribution in [0.2, 0.25) is 0 Å². The SMILES string of the molecule is CCc1ncc(CN(CC)[C@H]2CCO[C@@H](c3ccc(-c4ccc(OC)cc4)cc3)C2)cn1. The highest BCUT2D eigenvalue weighted by Crippen LogP contribution is 2.32. The summed E-state index contributed by atoms with van der Waals surface area (Å²) in [6.07, 6.45) is 7.01. The Hall–Kier alpha value is -2.76. The van der Waals surface area contributed by atoms with Crippen LogP contribution in [0.5, 0.6) is 5.75 Å². The van der Waals surface area contributed by atoms with Gasteiger partial charge in [0.25, 0.3) is 0 Å². The van der Waals surface area contributed by atoms with Crippen molar-refractivity contribution >= 4 is 0 Å². The molecule has 0 amide bonds. The molecule has 0 N–H and O–H groups in total. The van der Waals surface area contributed by atoms with Crippen LogP contribution in [0.3, 0.4) is 0 Å². The summed E-state index contributed by atoms with van der Waals surface area (Å²) in [6, 6.07) is 17.5. The molecule has 0 saturated carbocycles. The molecule has 1 fully saturated rings. The van der Waals surface area contributed by atoms with Gasteiger partial charge in [-0.2, -0.15) is 0 Å². The van der Waals surface area contributed by atoms with Gasteiger partial charge in [-0.15, -0.1) is 0 Å². The molecule has 2 aromatic carbocycles. The molecular weight excluding hydrogens is 398 g/mol. The quantitative estimate of drug-likeness (QED) is 0.474. The van der Waals surface area contributed by atoms with Gasteiger partial charge in [-0.1, -0.05) is 50.2 Å². The minimum Gasteiger partial charge on any atom is -0.497 e. The largest absolute Gasteiger partial charge is 0.497 e. The Kier molecular flexibility index (Phi) is 7.51. The molecule has 1 aromatic heterocycles. The lowest BCUT2D eigenvalue weighted by molar-refractivity contribution is -0.0295. The first-order chi connectivity index (χ1) is 15.7. The molecule has 0 radical (unpaired) electrons. The van der Waals surface area contributed by atoms with Gasteiger partial charge < -0.3 is 9.47 Å². The number of aromatic nitrogens is 2. The number of rotatable bonds is 8. The van der Waals surface area contributed by atoms with Crippen molar-refractivity contribution in [1.29, 1.82) is 0 Å². The highest BCUT2D eigenvalue weighted by Gasteiger charge is 2.28. The van der Waals surface area contributed by atoms with Crippen molar-refractivity contribution < 1.29 is 9.47 Å². The number of benzene rings is 2. The topological polar surface area (TPSA) is 47.5 Å². The van der Waals surface area contributed by atoms with Gasteiger partial charge in [-0.25, -0.2) is 9.97 Å². The standard InChI is InChI=1S/C27H33N3O2/c1-4-27-28-17-20(18-29-27)19-30(5-2)24-14-15-32-26(16-24)23-8-6-21(7-9-23)22-10-12-25(31-3)13-11-22/h6-13,17-18,24,26H,4-5,14-16,19H2,1-3H3/t24-,26+/m0/s1. The van der Waals surface area contributed by atoms with Crippen LogP contribution in [0.15, 0.2) is 60.9 Å². The maximum atomic E-state index is 6.18. The second-order valence-electron chi connectivity index (χ2n) is 8.31. The zero-order valence-corrected chi connectivity index (χ0v) is 19.3. The van der Waals surface area contributed by atoms with Gasteiger partial charge in [0.15, 0.2) is 0 Å². The highest BCUT2D eigenvalue weighted by atomic mass is 16.5. The summed E-state index contributed by atoms with van der Waals surface area (Å²) >= 11 is 0. The number of hydrogen-bond acceptors (Lipinski definition) is 5. The molecule has 4 rings (SSSR count). The van der Waals surface area contributed by atoms with Crippen LogP contribution in [0, 0.1) is 0 Å². The van der Waals surface area contributed by atoms with Crippen molar-refractivity contribution in [1.82, 2.24) is 14.9 Å². The first-order valence-corrected chi connectivity index (χ1v) is 11.6. The fourth-order valence-electron chi connectivity index (χ4n) is 4.40. The zero-order chi connectivity index (χ0) is 22.3. The van der Waals surface area contributed by atoms with Crippen LogP contribution in [0.25, 0.3) is 11.1 Å². The van der Waals surface area contributed by atoms with Crippen molar-refractivity contribution in [3.63, 3.8) is 0 Å². The van der Waals surface area contributed by atoms with Crippen LogP contribution in [-0.4, -0.2) is 41.2 Å². The Morgan fingerprint density at radius 3 is 2.22 bits per heavy atom. The lowest BCUT2D eigenvalue weighted by Gasteiger charge is -2.37. The fourth-order valence-corrected chi connectivity index (χ4v) is 4.40. The molecule has 5 nitrogen and oxygen atoms in total. The highest BCUT2D eigenvalue weighted by molar-refractivity contribution is 5.64. The lowest BCUT2D eigenvalue weighted by atomic mass is 9.94. The number of aryl methyl sites for hydroxylation is 1. The molecule has 1 aliphatic heterocycles. The van der Waals surface area contributed by atoms with Crippen molar-refractivity contribution in [2.45, 2.75) is 51.8 Å². The molecule has 168 valence electrons. The summed E-state index contributed by atoms with van der Waals surface area (Å²) in [6.45, 7) is 6.99. The molecule has 0 aliphatic carbocycles.